The van der Waals surface area contributed by atoms with Crippen molar-refractivity contribution in [2.45, 2.75) is 37.7 Å². The quantitative estimate of drug-likeness (QED) is 0.466. The number of carbonyl (C=O) groups is 1. The molecule has 1 amide bonds. The molecule has 1 heterocycles. The molecule has 29 heavy (non-hydrogen) atoms. The fourth-order valence-electron chi connectivity index (χ4n) is 2.92. The number of fused-ring (bicyclic) bond motifs is 1. The van der Waals surface area contributed by atoms with Gasteiger partial charge in [0.2, 0.25) is 5.91 Å². The molecule has 0 fully saturated rings. The van der Waals surface area contributed by atoms with Crippen LogP contribution in [-0.2, 0) is 11.3 Å². The number of amides is 1. The van der Waals surface area contributed by atoms with Crippen LogP contribution in [0, 0.1) is 5.92 Å². The van der Waals surface area contributed by atoms with Gasteiger partial charge in [0.05, 0.1) is 23.3 Å². The second-order valence-corrected chi connectivity index (χ2v) is 8.51. The zero-order valence-electron chi connectivity index (χ0n) is 17.0. The lowest BCUT2D eigenvalue weighted by molar-refractivity contribution is -0.115. The van der Waals surface area contributed by atoms with Crippen LogP contribution in [0.2, 0.25) is 0 Å². The number of anilines is 1. The third kappa shape index (κ3) is 4.98. The number of benzene rings is 2. The maximum atomic E-state index is 13.0. The molecule has 1 N–H and O–H groups in total. The molecular weight excluding hydrogens is 386 g/mol. The number of carbonyl (C=O) groups excluding carboxylic acids is 1. The van der Waals surface area contributed by atoms with Gasteiger partial charge in [-0.25, -0.2) is 4.98 Å². The van der Waals surface area contributed by atoms with Gasteiger partial charge in [-0.05, 0) is 37.1 Å². The number of nitrogens with zero attached hydrogens (tertiary/aromatic N) is 2. The van der Waals surface area contributed by atoms with Crippen LogP contribution in [0.5, 0.6) is 5.75 Å². The van der Waals surface area contributed by atoms with Gasteiger partial charge in [0, 0.05) is 18.3 Å². The number of hydrogen-bond donors (Lipinski definition) is 1. The van der Waals surface area contributed by atoms with E-state index in [1.54, 1.807) is 36.8 Å². The summed E-state index contributed by atoms with van der Waals surface area (Å²) in [6.45, 7) is 6.45. The number of methoxy groups -OCH3 is 1. The van der Waals surface area contributed by atoms with Crippen molar-refractivity contribution in [3.63, 3.8) is 0 Å². The molecule has 0 saturated heterocycles. The van der Waals surface area contributed by atoms with Crippen LogP contribution >= 0.6 is 11.8 Å². The highest BCUT2D eigenvalue weighted by molar-refractivity contribution is 8.00. The molecule has 152 valence electrons. The average Bonchev–Trinajstić information content (AvgIpc) is 2.70. The Morgan fingerprint density at radius 3 is 2.66 bits per heavy atom. The molecule has 1 atom stereocenters. The SMILES string of the molecule is COc1cccc(NC(=O)[C@@H](C)Sc2nc3ccccc3c(=O)n2CC(C)C)c1. The van der Waals surface area contributed by atoms with E-state index in [1.807, 2.05) is 30.3 Å². The lowest BCUT2D eigenvalue weighted by Gasteiger charge is -2.17. The Morgan fingerprint density at radius 2 is 1.93 bits per heavy atom. The minimum absolute atomic E-state index is 0.0767. The predicted molar refractivity (Wildman–Crippen MR) is 118 cm³/mol. The average molecular weight is 412 g/mol. The molecule has 0 radical (unpaired) electrons. The molecule has 0 saturated carbocycles. The molecule has 1 aromatic heterocycles. The van der Waals surface area contributed by atoms with Crippen molar-refractivity contribution < 1.29 is 9.53 Å². The highest BCUT2D eigenvalue weighted by Crippen LogP contribution is 2.25. The van der Waals surface area contributed by atoms with Crippen molar-refractivity contribution in [1.29, 1.82) is 0 Å². The van der Waals surface area contributed by atoms with Crippen molar-refractivity contribution in [1.82, 2.24) is 9.55 Å². The van der Waals surface area contributed by atoms with E-state index in [2.05, 4.69) is 24.1 Å². The zero-order valence-corrected chi connectivity index (χ0v) is 17.8. The van der Waals surface area contributed by atoms with Crippen LogP contribution in [0.4, 0.5) is 5.69 Å². The Balaban J connectivity index is 1.87. The molecule has 7 heteroatoms. The Labute approximate surface area is 174 Å². The van der Waals surface area contributed by atoms with Gasteiger partial charge >= 0.3 is 0 Å². The lowest BCUT2D eigenvalue weighted by Crippen LogP contribution is -2.28. The molecule has 3 aromatic rings. The number of aromatic nitrogens is 2. The van der Waals surface area contributed by atoms with E-state index < -0.39 is 5.25 Å². The summed E-state index contributed by atoms with van der Waals surface area (Å²) in [6.07, 6.45) is 0. The minimum Gasteiger partial charge on any atom is -0.497 e. The highest BCUT2D eigenvalue weighted by Gasteiger charge is 2.20. The number of thioether (sulfide) groups is 1. The summed E-state index contributed by atoms with van der Waals surface area (Å²) in [5.74, 6) is 0.780. The largest absolute Gasteiger partial charge is 0.497 e. The molecular formula is C22H25N3O3S. The van der Waals surface area contributed by atoms with Gasteiger partial charge in [0.15, 0.2) is 5.16 Å². The van der Waals surface area contributed by atoms with E-state index in [-0.39, 0.29) is 17.4 Å². The zero-order chi connectivity index (χ0) is 21.0. The molecule has 0 spiro atoms. The van der Waals surface area contributed by atoms with Gasteiger partial charge in [0.1, 0.15) is 5.75 Å². The number of hydrogen-bond acceptors (Lipinski definition) is 5. The van der Waals surface area contributed by atoms with Crippen LogP contribution in [0.15, 0.2) is 58.5 Å². The Hall–Kier alpha value is -2.80. The summed E-state index contributed by atoms with van der Waals surface area (Å²) in [6, 6.07) is 14.5. The van der Waals surface area contributed by atoms with Crippen LogP contribution in [-0.4, -0.2) is 27.8 Å². The molecule has 3 rings (SSSR count). The lowest BCUT2D eigenvalue weighted by atomic mass is 10.2. The van der Waals surface area contributed by atoms with Gasteiger partial charge in [-0.1, -0.05) is 43.8 Å². The van der Waals surface area contributed by atoms with Crippen molar-refractivity contribution in [3.8, 4) is 5.75 Å². The predicted octanol–water partition coefficient (Wildman–Crippen LogP) is 4.18. The summed E-state index contributed by atoms with van der Waals surface area (Å²) in [7, 11) is 1.58. The standard InChI is InChI=1S/C22H25N3O3S/c1-14(2)13-25-21(27)18-10-5-6-11-19(18)24-22(25)29-15(3)20(26)23-16-8-7-9-17(12-16)28-4/h5-12,14-15H,13H2,1-4H3,(H,23,26)/t15-/m1/s1. The van der Waals surface area contributed by atoms with Crippen molar-refractivity contribution in [2.75, 3.05) is 12.4 Å². The Morgan fingerprint density at radius 1 is 1.17 bits per heavy atom. The van der Waals surface area contributed by atoms with E-state index in [4.69, 9.17) is 4.74 Å². The Bertz CT molecular complexity index is 1080. The minimum atomic E-state index is -0.437. The smallest absolute Gasteiger partial charge is 0.262 e. The van der Waals surface area contributed by atoms with E-state index in [1.165, 1.54) is 11.8 Å². The van der Waals surface area contributed by atoms with Gasteiger partial charge in [-0.2, -0.15) is 0 Å². The van der Waals surface area contributed by atoms with E-state index in [0.717, 1.165) is 0 Å². The molecule has 0 aliphatic heterocycles. The van der Waals surface area contributed by atoms with Crippen molar-refractivity contribution in [3.05, 3.63) is 58.9 Å². The van der Waals surface area contributed by atoms with E-state index in [9.17, 15) is 9.59 Å². The van der Waals surface area contributed by atoms with Gasteiger partial charge in [-0.15, -0.1) is 0 Å². The van der Waals surface area contributed by atoms with Crippen LogP contribution in [0.3, 0.4) is 0 Å². The van der Waals surface area contributed by atoms with Crippen LogP contribution < -0.4 is 15.6 Å². The summed E-state index contributed by atoms with van der Waals surface area (Å²) in [5, 5.41) is 3.60. The summed E-state index contributed by atoms with van der Waals surface area (Å²) < 4.78 is 6.87. The monoisotopic (exact) mass is 411 g/mol. The third-order valence-electron chi connectivity index (χ3n) is 4.36. The van der Waals surface area contributed by atoms with Crippen LogP contribution in [0.25, 0.3) is 10.9 Å². The van der Waals surface area contributed by atoms with Gasteiger partial charge in [0.25, 0.3) is 5.56 Å². The molecule has 0 bridgehead atoms. The fraction of sp³-hybridized carbons (Fsp3) is 0.318. The van der Waals surface area contributed by atoms with E-state index in [0.29, 0.717) is 34.0 Å². The molecule has 2 aromatic carbocycles. The van der Waals surface area contributed by atoms with Gasteiger partial charge < -0.3 is 10.1 Å². The first-order chi connectivity index (χ1) is 13.9. The molecule has 0 unspecified atom stereocenters. The highest BCUT2D eigenvalue weighted by atomic mass is 32.2. The number of nitrogens with one attached hydrogen (secondary N) is 1. The first kappa shape index (κ1) is 20.9. The third-order valence-corrected chi connectivity index (χ3v) is 5.45. The molecule has 0 aliphatic carbocycles. The Kier molecular flexibility index (Phi) is 6.59. The van der Waals surface area contributed by atoms with Crippen molar-refractivity contribution >= 4 is 34.3 Å². The van der Waals surface area contributed by atoms with E-state index >= 15 is 0 Å². The topological polar surface area (TPSA) is 73.2 Å². The summed E-state index contributed by atoms with van der Waals surface area (Å²) in [5.41, 5.74) is 1.22. The second kappa shape index (κ2) is 9.13. The summed E-state index contributed by atoms with van der Waals surface area (Å²) >= 11 is 1.29. The second-order valence-electron chi connectivity index (χ2n) is 7.20. The van der Waals surface area contributed by atoms with Crippen LogP contribution in [0.1, 0.15) is 20.8 Å². The fourth-order valence-corrected chi connectivity index (χ4v) is 3.84. The first-order valence-electron chi connectivity index (χ1n) is 9.50. The van der Waals surface area contributed by atoms with Crippen molar-refractivity contribution in [2.24, 2.45) is 5.92 Å². The molecule has 0 aliphatic rings. The maximum absolute atomic E-state index is 13.0. The number of rotatable bonds is 7. The number of ether oxygens (including phenoxy) is 1. The summed E-state index contributed by atoms with van der Waals surface area (Å²) in [4.78, 5) is 30.4. The normalized spacial score (nSPS) is 12.2. The maximum Gasteiger partial charge on any atom is 0.262 e. The van der Waals surface area contributed by atoms with Gasteiger partial charge in [-0.3, -0.25) is 14.2 Å². The first-order valence-corrected chi connectivity index (χ1v) is 10.4. The number of para-hydroxylation sites is 1. The molecule has 6 nitrogen and oxygen atoms in total.